The van der Waals surface area contributed by atoms with E-state index in [9.17, 15) is 31.1 Å². The van der Waals surface area contributed by atoms with Gasteiger partial charge in [0, 0.05) is 29.9 Å². The molecule has 0 saturated heterocycles. The monoisotopic (exact) mass is 553 g/mol. The van der Waals surface area contributed by atoms with Crippen molar-refractivity contribution in [1.29, 1.82) is 0 Å². The average molecular weight is 553 g/mol. The van der Waals surface area contributed by atoms with E-state index in [-0.39, 0.29) is 5.91 Å². The molecule has 0 saturated carbocycles. The van der Waals surface area contributed by atoms with Gasteiger partial charge in [-0.2, -0.15) is 26.3 Å². The Kier molecular flexibility index (Phi) is 12.3. The van der Waals surface area contributed by atoms with Crippen LogP contribution in [0.1, 0.15) is 44.6 Å². The summed E-state index contributed by atoms with van der Waals surface area (Å²) in [6, 6.07) is 3.85. The third-order valence-electron chi connectivity index (χ3n) is 4.53. The van der Waals surface area contributed by atoms with Gasteiger partial charge in [-0.3, -0.25) is 10.1 Å². The standard InChI is InChI=1S/C18H23N5O.2C2HF3O2/c1-2-3-4-5-6-9-20-18-22-15(17(24)23-18)11-13-12-21-16-14(13)8-7-10-19-16;2*3-2(4,5)1(6)7/h7-8,10-12H,2-6,9H2,1H3,(H,19,21)(H2,20,22,23,24);2*(H,6,7)/b15-11-;;. The molecule has 0 atom stereocenters. The minimum absolute atomic E-state index is 0.179. The molecule has 0 bridgehead atoms. The molecular formula is C22H25F6N5O5. The third kappa shape index (κ3) is 11.3. The van der Waals surface area contributed by atoms with Crippen LogP contribution in [0.5, 0.6) is 0 Å². The number of hydrogen-bond donors (Lipinski definition) is 5. The van der Waals surface area contributed by atoms with Crippen molar-refractivity contribution < 1.29 is 50.9 Å². The van der Waals surface area contributed by atoms with Gasteiger partial charge in [-0.1, -0.05) is 32.6 Å². The molecule has 16 heteroatoms. The molecule has 1 amide bonds. The molecule has 210 valence electrons. The Labute approximate surface area is 211 Å². The van der Waals surface area contributed by atoms with Gasteiger partial charge in [0.15, 0.2) is 0 Å². The number of guanidine groups is 1. The molecular weight excluding hydrogens is 528 g/mol. The van der Waals surface area contributed by atoms with E-state index in [0.717, 1.165) is 29.6 Å². The zero-order valence-electron chi connectivity index (χ0n) is 19.9. The highest BCUT2D eigenvalue weighted by molar-refractivity contribution is 6.14. The number of carboxylic acids is 2. The number of carbonyl (C=O) groups excluding carboxylic acids is 1. The summed E-state index contributed by atoms with van der Waals surface area (Å²) in [6.45, 7) is 3.03. The Morgan fingerprint density at radius 2 is 1.61 bits per heavy atom. The van der Waals surface area contributed by atoms with E-state index < -0.39 is 24.3 Å². The minimum Gasteiger partial charge on any atom is -0.475 e. The topological polar surface area (TPSA) is 157 Å². The fourth-order valence-electron chi connectivity index (χ4n) is 2.73. The van der Waals surface area contributed by atoms with Crippen LogP contribution in [-0.2, 0) is 14.4 Å². The maximum absolute atomic E-state index is 12.1. The zero-order valence-corrected chi connectivity index (χ0v) is 19.9. The number of carboxylic acid groups (broad SMARTS) is 2. The van der Waals surface area contributed by atoms with Gasteiger partial charge in [0.25, 0.3) is 5.91 Å². The van der Waals surface area contributed by atoms with Crippen molar-refractivity contribution in [3.8, 4) is 0 Å². The second kappa shape index (κ2) is 14.6. The molecule has 0 aliphatic carbocycles. The first-order valence-corrected chi connectivity index (χ1v) is 11.0. The van der Waals surface area contributed by atoms with E-state index in [0.29, 0.717) is 11.7 Å². The number of fused-ring (bicyclic) bond motifs is 1. The Balaban J connectivity index is 0.000000426. The number of alkyl halides is 6. The molecule has 0 unspecified atom stereocenters. The number of aromatic amines is 1. The second-order valence-electron chi connectivity index (χ2n) is 7.53. The van der Waals surface area contributed by atoms with Crippen LogP contribution in [0.25, 0.3) is 17.1 Å². The van der Waals surface area contributed by atoms with Gasteiger partial charge in [-0.15, -0.1) is 0 Å². The summed E-state index contributed by atoms with van der Waals surface area (Å²) in [7, 11) is 0. The maximum atomic E-state index is 12.1. The maximum Gasteiger partial charge on any atom is 0.490 e. The molecule has 1 aliphatic heterocycles. The summed E-state index contributed by atoms with van der Waals surface area (Å²) in [5.74, 6) is -5.15. The summed E-state index contributed by atoms with van der Waals surface area (Å²) < 4.78 is 63.5. The first-order valence-electron chi connectivity index (χ1n) is 11.0. The van der Waals surface area contributed by atoms with E-state index in [1.165, 1.54) is 25.7 Å². The number of nitrogens with one attached hydrogen (secondary N) is 3. The molecule has 0 aromatic carbocycles. The predicted octanol–water partition coefficient (Wildman–Crippen LogP) is 4.22. The van der Waals surface area contributed by atoms with Crippen molar-refractivity contribution in [2.24, 2.45) is 4.99 Å². The van der Waals surface area contributed by atoms with Crippen molar-refractivity contribution in [2.75, 3.05) is 6.54 Å². The number of pyridine rings is 1. The lowest BCUT2D eigenvalue weighted by molar-refractivity contribution is -0.193. The number of aromatic nitrogens is 2. The molecule has 10 nitrogen and oxygen atoms in total. The van der Waals surface area contributed by atoms with Crippen molar-refractivity contribution in [1.82, 2.24) is 20.6 Å². The van der Waals surface area contributed by atoms with Gasteiger partial charge in [-0.05, 0) is 24.6 Å². The Morgan fingerprint density at radius 1 is 1.03 bits per heavy atom. The van der Waals surface area contributed by atoms with Crippen molar-refractivity contribution in [3.63, 3.8) is 0 Å². The summed E-state index contributed by atoms with van der Waals surface area (Å²) >= 11 is 0. The zero-order chi connectivity index (χ0) is 28.9. The Morgan fingerprint density at radius 3 is 2.16 bits per heavy atom. The number of halogens is 6. The fraction of sp³-hybridized carbons (Fsp3) is 0.409. The average Bonchev–Trinajstić information content (AvgIpc) is 3.39. The molecule has 0 radical (unpaired) electrons. The number of unbranched alkanes of at least 4 members (excludes halogenated alkanes) is 4. The van der Waals surface area contributed by atoms with E-state index in [2.05, 4.69) is 32.5 Å². The van der Waals surface area contributed by atoms with E-state index in [1.807, 2.05) is 18.3 Å². The highest BCUT2D eigenvalue weighted by atomic mass is 19.4. The second-order valence-corrected chi connectivity index (χ2v) is 7.53. The summed E-state index contributed by atoms with van der Waals surface area (Å²) in [4.78, 5) is 41.6. The molecule has 0 fully saturated rings. The van der Waals surface area contributed by atoms with Crippen LogP contribution in [0.3, 0.4) is 0 Å². The molecule has 38 heavy (non-hydrogen) atoms. The van der Waals surface area contributed by atoms with Gasteiger partial charge in [-0.25, -0.2) is 19.6 Å². The van der Waals surface area contributed by atoms with Crippen molar-refractivity contribution >= 4 is 40.9 Å². The summed E-state index contributed by atoms with van der Waals surface area (Å²) in [6.07, 6.45) is 1.26. The van der Waals surface area contributed by atoms with Crippen molar-refractivity contribution in [3.05, 3.63) is 35.8 Å². The number of aliphatic imine (C=N–C) groups is 1. The van der Waals surface area contributed by atoms with Crippen LogP contribution in [0, 0.1) is 0 Å². The summed E-state index contributed by atoms with van der Waals surface area (Å²) in [5, 5.41) is 21.2. The van der Waals surface area contributed by atoms with Crippen LogP contribution in [0.15, 0.2) is 35.2 Å². The highest BCUT2D eigenvalue weighted by Crippen LogP contribution is 2.20. The first-order chi connectivity index (χ1) is 17.7. The van der Waals surface area contributed by atoms with Gasteiger partial charge in [0.05, 0.1) is 0 Å². The van der Waals surface area contributed by atoms with E-state index in [4.69, 9.17) is 19.8 Å². The number of carbonyl (C=O) groups is 3. The predicted molar refractivity (Wildman–Crippen MR) is 124 cm³/mol. The quantitative estimate of drug-likeness (QED) is 0.195. The number of amides is 1. The molecule has 1 aliphatic rings. The molecule has 0 spiro atoms. The minimum atomic E-state index is -5.08. The third-order valence-corrected chi connectivity index (χ3v) is 4.53. The number of hydrogen-bond acceptors (Lipinski definition) is 6. The van der Waals surface area contributed by atoms with E-state index >= 15 is 0 Å². The van der Waals surface area contributed by atoms with Gasteiger partial charge < -0.3 is 20.5 Å². The molecule has 3 rings (SSSR count). The number of H-pyrrole nitrogens is 1. The van der Waals surface area contributed by atoms with Crippen LogP contribution in [0.2, 0.25) is 0 Å². The molecule has 3 heterocycles. The van der Waals surface area contributed by atoms with Crippen LogP contribution in [-0.4, -0.2) is 62.9 Å². The Hall–Kier alpha value is -4.11. The largest absolute Gasteiger partial charge is 0.490 e. The lowest BCUT2D eigenvalue weighted by Gasteiger charge is -2.04. The molecule has 2 aromatic rings. The normalized spacial score (nSPS) is 14.1. The smallest absolute Gasteiger partial charge is 0.475 e. The number of nitrogens with zero attached hydrogens (tertiary/aromatic N) is 2. The number of rotatable bonds is 7. The SMILES string of the molecule is CCCCCCCNC1=N/C(=C\c2c[nH]c3ncccc23)C(=O)N1.O=C(O)C(F)(F)F.O=C(O)C(F)(F)F. The Bertz CT molecular complexity index is 1130. The van der Waals surface area contributed by atoms with Gasteiger partial charge >= 0.3 is 24.3 Å². The first kappa shape index (κ1) is 31.9. The highest BCUT2D eigenvalue weighted by Gasteiger charge is 2.38. The van der Waals surface area contributed by atoms with Crippen LogP contribution in [0.4, 0.5) is 26.3 Å². The number of aliphatic carboxylic acids is 2. The van der Waals surface area contributed by atoms with Crippen LogP contribution < -0.4 is 10.6 Å². The lowest BCUT2D eigenvalue weighted by atomic mass is 10.1. The fourth-order valence-corrected chi connectivity index (χ4v) is 2.73. The lowest BCUT2D eigenvalue weighted by Crippen LogP contribution is -2.36. The van der Waals surface area contributed by atoms with Gasteiger partial charge in [0.2, 0.25) is 5.96 Å². The summed E-state index contributed by atoms with van der Waals surface area (Å²) in [5.41, 5.74) is 2.12. The molecule has 2 aromatic heterocycles. The van der Waals surface area contributed by atoms with E-state index in [1.54, 1.807) is 12.3 Å². The van der Waals surface area contributed by atoms with Crippen molar-refractivity contribution in [2.45, 2.75) is 51.4 Å². The van der Waals surface area contributed by atoms with Crippen LogP contribution >= 0.6 is 0 Å². The van der Waals surface area contributed by atoms with Gasteiger partial charge in [0.1, 0.15) is 11.3 Å². The molecule has 5 N–H and O–H groups in total.